The van der Waals surface area contributed by atoms with Crippen molar-refractivity contribution in [1.82, 2.24) is 4.90 Å². The van der Waals surface area contributed by atoms with Gasteiger partial charge in [0.25, 0.3) is 0 Å². The first kappa shape index (κ1) is 15.8. The summed E-state index contributed by atoms with van der Waals surface area (Å²) in [5, 5.41) is 0. The Morgan fingerprint density at radius 1 is 1.35 bits per heavy atom. The van der Waals surface area contributed by atoms with Gasteiger partial charge in [-0.25, -0.2) is 8.42 Å². The van der Waals surface area contributed by atoms with Crippen molar-refractivity contribution in [3.8, 4) is 0 Å². The molecule has 20 heavy (non-hydrogen) atoms. The monoisotopic (exact) mass is 303 g/mol. The molecule has 0 aliphatic carbocycles. The maximum Gasteiger partial charge on any atom is 0.223 e. The quantitative estimate of drug-likeness (QED) is 0.766. The molecule has 0 aromatic heterocycles. The summed E-state index contributed by atoms with van der Waals surface area (Å²) in [5.74, 6) is 0.670. The Hall–Kier alpha value is -0.620. The summed E-state index contributed by atoms with van der Waals surface area (Å²) in [5.41, 5.74) is 0. The molecule has 2 fully saturated rings. The Labute approximate surface area is 121 Å². The van der Waals surface area contributed by atoms with Crippen LogP contribution in [-0.2, 0) is 19.4 Å². The summed E-state index contributed by atoms with van der Waals surface area (Å²) in [4.78, 5) is 14.2. The molecule has 2 aliphatic heterocycles. The molecule has 2 rings (SSSR count). The zero-order chi connectivity index (χ0) is 14.8. The van der Waals surface area contributed by atoms with Gasteiger partial charge >= 0.3 is 0 Å². The molecule has 2 atom stereocenters. The fourth-order valence-electron chi connectivity index (χ4n) is 2.95. The number of carbonyl (C=O) groups excluding carboxylic acids is 1. The first-order valence-corrected chi connectivity index (χ1v) is 9.31. The molecule has 0 N–H and O–H groups in total. The molecule has 0 saturated carbocycles. The van der Waals surface area contributed by atoms with Gasteiger partial charge in [-0.3, -0.25) is 4.79 Å². The van der Waals surface area contributed by atoms with E-state index >= 15 is 0 Å². The maximum absolute atomic E-state index is 12.4. The van der Waals surface area contributed by atoms with E-state index in [1.807, 2.05) is 13.8 Å². The highest BCUT2D eigenvalue weighted by Crippen LogP contribution is 2.22. The number of hydrogen-bond donors (Lipinski definition) is 0. The molecule has 0 spiro atoms. The normalized spacial score (nSPS) is 28.9. The summed E-state index contributed by atoms with van der Waals surface area (Å²) in [6.45, 7) is 5.31. The summed E-state index contributed by atoms with van der Waals surface area (Å²) >= 11 is 0. The van der Waals surface area contributed by atoms with Crippen LogP contribution in [0.1, 0.15) is 39.5 Å². The van der Waals surface area contributed by atoms with E-state index in [9.17, 15) is 13.2 Å². The van der Waals surface area contributed by atoms with Crippen molar-refractivity contribution >= 4 is 15.7 Å². The molecule has 116 valence electrons. The van der Waals surface area contributed by atoms with Gasteiger partial charge in [-0.2, -0.15) is 0 Å². The number of rotatable bonds is 5. The van der Waals surface area contributed by atoms with Gasteiger partial charge in [0.1, 0.15) is 0 Å². The lowest BCUT2D eigenvalue weighted by atomic mass is 10.1. The van der Waals surface area contributed by atoms with Crippen LogP contribution >= 0.6 is 0 Å². The Morgan fingerprint density at radius 2 is 2.10 bits per heavy atom. The van der Waals surface area contributed by atoms with Crippen LogP contribution < -0.4 is 0 Å². The van der Waals surface area contributed by atoms with Gasteiger partial charge in [0.2, 0.25) is 5.91 Å². The van der Waals surface area contributed by atoms with E-state index in [0.717, 1.165) is 19.4 Å². The summed E-state index contributed by atoms with van der Waals surface area (Å²) in [7, 11) is -2.97. The smallest absolute Gasteiger partial charge is 0.223 e. The Bertz CT molecular complexity index is 440. The highest BCUT2D eigenvalue weighted by molar-refractivity contribution is 7.91. The number of hydrogen-bond acceptors (Lipinski definition) is 4. The maximum atomic E-state index is 12.4. The van der Waals surface area contributed by atoms with Crippen LogP contribution in [0.2, 0.25) is 0 Å². The van der Waals surface area contributed by atoms with Crippen LogP contribution in [0.25, 0.3) is 0 Å². The van der Waals surface area contributed by atoms with Gasteiger partial charge in [0.15, 0.2) is 9.84 Å². The topological polar surface area (TPSA) is 63.7 Å². The standard InChI is InChI=1S/C14H25NO4S/c1-11(2)8-14(16)15(9-13-4-3-6-19-13)12-5-7-20(17,18)10-12/h11-13H,3-10H2,1-2H3. The van der Waals surface area contributed by atoms with Crippen molar-refractivity contribution in [3.63, 3.8) is 0 Å². The second-order valence-corrected chi connectivity index (χ2v) is 8.56. The summed E-state index contributed by atoms with van der Waals surface area (Å²) in [6, 6.07) is -0.157. The lowest BCUT2D eigenvalue weighted by Crippen LogP contribution is -2.45. The second-order valence-electron chi connectivity index (χ2n) is 6.34. The van der Waals surface area contributed by atoms with E-state index in [0.29, 0.717) is 19.4 Å². The van der Waals surface area contributed by atoms with E-state index in [2.05, 4.69) is 0 Å². The predicted molar refractivity (Wildman–Crippen MR) is 77.2 cm³/mol. The minimum absolute atomic E-state index is 0.0672. The molecule has 1 amide bonds. The van der Waals surface area contributed by atoms with Gasteiger partial charge in [0, 0.05) is 25.6 Å². The third kappa shape index (κ3) is 4.19. The van der Waals surface area contributed by atoms with Gasteiger partial charge in [0.05, 0.1) is 17.6 Å². The summed E-state index contributed by atoms with van der Waals surface area (Å²) < 4.78 is 28.9. The van der Waals surface area contributed by atoms with Crippen molar-refractivity contribution in [2.45, 2.75) is 51.7 Å². The van der Waals surface area contributed by atoms with Crippen LogP contribution in [0, 0.1) is 5.92 Å². The highest BCUT2D eigenvalue weighted by Gasteiger charge is 2.36. The average Bonchev–Trinajstić information content (AvgIpc) is 2.94. The van der Waals surface area contributed by atoms with Crippen LogP contribution in [0.5, 0.6) is 0 Å². The molecule has 6 heteroatoms. The van der Waals surface area contributed by atoms with Gasteiger partial charge in [-0.15, -0.1) is 0 Å². The lowest BCUT2D eigenvalue weighted by Gasteiger charge is -2.31. The van der Waals surface area contributed by atoms with Crippen molar-refractivity contribution in [3.05, 3.63) is 0 Å². The minimum atomic E-state index is -2.97. The van der Waals surface area contributed by atoms with Crippen molar-refractivity contribution in [1.29, 1.82) is 0 Å². The third-order valence-electron chi connectivity index (χ3n) is 3.98. The largest absolute Gasteiger partial charge is 0.376 e. The molecule has 5 nitrogen and oxygen atoms in total. The molecular formula is C14H25NO4S. The molecule has 2 aliphatic rings. The van der Waals surface area contributed by atoms with Gasteiger partial charge in [-0.05, 0) is 25.2 Å². The zero-order valence-corrected chi connectivity index (χ0v) is 13.2. The van der Waals surface area contributed by atoms with Crippen molar-refractivity contribution < 1.29 is 17.9 Å². The molecule has 2 heterocycles. The number of nitrogens with zero attached hydrogens (tertiary/aromatic N) is 1. The first-order chi connectivity index (χ1) is 9.37. The SMILES string of the molecule is CC(C)CC(=O)N(CC1CCCO1)C1CCS(=O)(=O)C1. The van der Waals surface area contributed by atoms with Crippen LogP contribution in [0.15, 0.2) is 0 Å². The zero-order valence-electron chi connectivity index (χ0n) is 12.4. The average molecular weight is 303 g/mol. The fourth-order valence-corrected chi connectivity index (χ4v) is 4.68. The van der Waals surface area contributed by atoms with Gasteiger partial charge < -0.3 is 9.64 Å². The Morgan fingerprint density at radius 3 is 2.60 bits per heavy atom. The lowest BCUT2D eigenvalue weighted by molar-refractivity contribution is -0.135. The molecule has 0 radical (unpaired) electrons. The predicted octanol–water partition coefficient (Wildman–Crippen LogP) is 1.23. The van der Waals surface area contributed by atoms with E-state index in [1.54, 1.807) is 4.90 Å². The number of carbonyl (C=O) groups is 1. The molecule has 2 saturated heterocycles. The Balaban J connectivity index is 2.04. The molecule has 0 aromatic rings. The van der Waals surface area contributed by atoms with E-state index < -0.39 is 9.84 Å². The molecule has 0 bridgehead atoms. The molecular weight excluding hydrogens is 278 g/mol. The molecule has 2 unspecified atom stereocenters. The third-order valence-corrected chi connectivity index (χ3v) is 5.73. The molecule has 0 aromatic carbocycles. The number of amides is 1. The summed E-state index contributed by atoms with van der Waals surface area (Å²) in [6.07, 6.45) is 3.11. The van der Waals surface area contributed by atoms with Crippen molar-refractivity contribution in [2.75, 3.05) is 24.7 Å². The van der Waals surface area contributed by atoms with E-state index in [4.69, 9.17) is 4.74 Å². The van der Waals surface area contributed by atoms with Crippen molar-refractivity contribution in [2.24, 2.45) is 5.92 Å². The second kappa shape index (κ2) is 6.43. The van der Waals surface area contributed by atoms with Gasteiger partial charge in [-0.1, -0.05) is 13.8 Å². The fraction of sp³-hybridized carbons (Fsp3) is 0.929. The minimum Gasteiger partial charge on any atom is -0.376 e. The van der Waals surface area contributed by atoms with Crippen LogP contribution in [0.4, 0.5) is 0 Å². The van der Waals surface area contributed by atoms with E-state index in [-0.39, 0.29) is 35.5 Å². The van der Waals surface area contributed by atoms with Crippen LogP contribution in [0.3, 0.4) is 0 Å². The highest BCUT2D eigenvalue weighted by atomic mass is 32.2. The van der Waals surface area contributed by atoms with Crippen LogP contribution in [-0.4, -0.2) is 56.0 Å². The number of ether oxygens (including phenoxy) is 1. The van der Waals surface area contributed by atoms with E-state index in [1.165, 1.54) is 0 Å². The number of sulfone groups is 1. The first-order valence-electron chi connectivity index (χ1n) is 7.49. The Kier molecular flexibility index (Phi) is 5.07.